The first-order chi connectivity index (χ1) is 8.09. The van der Waals surface area contributed by atoms with Gasteiger partial charge in [-0.15, -0.1) is 11.8 Å². The molecule has 1 aromatic heterocycles. The van der Waals surface area contributed by atoms with Gasteiger partial charge in [0.05, 0.1) is 5.75 Å². The van der Waals surface area contributed by atoms with Gasteiger partial charge in [0.2, 0.25) is 0 Å². The van der Waals surface area contributed by atoms with Crippen molar-refractivity contribution < 1.29 is 19.8 Å². The lowest BCUT2D eigenvalue weighted by Gasteiger charge is -1.98. The Morgan fingerprint density at radius 1 is 1.24 bits per heavy atom. The number of hydrogen-bond acceptors (Lipinski definition) is 3. The fourth-order valence-electron chi connectivity index (χ4n) is 1.55. The number of para-hydroxylation sites is 1. The van der Waals surface area contributed by atoms with Crippen LogP contribution in [-0.4, -0.2) is 32.9 Å². The van der Waals surface area contributed by atoms with Gasteiger partial charge < -0.3 is 15.2 Å². The topological polar surface area (TPSA) is 90.4 Å². The summed E-state index contributed by atoms with van der Waals surface area (Å²) < 4.78 is 0. The van der Waals surface area contributed by atoms with Crippen molar-refractivity contribution in [1.29, 1.82) is 0 Å². The second-order valence-electron chi connectivity index (χ2n) is 3.36. The number of nitrogens with one attached hydrogen (secondary N) is 1. The van der Waals surface area contributed by atoms with E-state index in [9.17, 15) is 9.59 Å². The Labute approximate surface area is 100 Å². The van der Waals surface area contributed by atoms with E-state index in [1.807, 2.05) is 0 Å². The molecule has 88 valence electrons. The van der Waals surface area contributed by atoms with E-state index in [1.165, 1.54) is 0 Å². The Morgan fingerprint density at radius 3 is 2.59 bits per heavy atom. The van der Waals surface area contributed by atoms with Crippen molar-refractivity contribution in [3.8, 4) is 0 Å². The molecule has 0 saturated carbocycles. The van der Waals surface area contributed by atoms with Crippen molar-refractivity contribution in [2.45, 2.75) is 4.90 Å². The van der Waals surface area contributed by atoms with Crippen LogP contribution in [0.25, 0.3) is 10.9 Å². The third-order valence-corrected chi connectivity index (χ3v) is 3.32. The lowest BCUT2D eigenvalue weighted by Crippen LogP contribution is -2.01. The summed E-state index contributed by atoms with van der Waals surface area (Å²) in [7, 11) is 0. The minimum Gasteiger partial charge on any atom is -0.481 e. The summed E-state index contributed by atoms with van der Waals surface area (Å²) in [5, 5.41) is 18.4. The lowest BCUT2D eigenvalue weighted by molar-refractivity contribution is -0.133. The molecule has 5 nitrogen and oxygen atoms in total. The average molecular weight is 251 g/mol. The number of aromatic amines is 1. The van der Waals surface area contributed by atoms with Gasteiger partial charge in [0.25, 0.3) is 0 Å². The van der Waals surface area contributed by atoms with Crippen molar-refractivity contribution in [1.82, 2.24) is 4.98 Å². The first kappa shape index (κ1) is 11.5. The minimum absolute atomic E-state index is 0.0393. The summed E-state index contributed by atoms with van der Waals surface area (Å²) in [6, 6.07) is 7.10. The Bertz CT molecular complexity index is 590. The van der Waals surface area contributed by atoms with Crippen LogP contribution in [0.15, 0.2) is 29.2 Å². The number of carboxylic acids is 2. The molecule has 0 unspecified atom stereocenters. The van der Waals surface area contributed by atoms with Gasteiger partial charge in [-0.05, 0) is 6.07 Å². The molecule has 0 spiro atoms. The summed E-state index contributed by atoms with van der Waals surface area (Å²) in [6.45, 7) is 0. The second kappa shape index (κ2) is 4.50. The van der Waals surface area contributed by atoms with Gasteiger partial charge >= 0.3 is 11.9 Å². The normalized spacial score (nSPS) is 10.6. The minimum atomic E-state index is -1.09. The van der Waals surface area contributed by atoms with Gasteiger partial charge in [-0.3, -0.25) is 4.79 Å². The van der Waals surface area contributed by atoms with Crippen LogP contribution >= 0.6 is 11.8 Å². The first-order valence-electron chi connectivity index (χ1n) is 4.78. The van der Waals surface area contributed by atoms with Crippen molar-refractivity contribution in [3.05, 3.63) is 30.0 Å². The zero-order valence-electron chi connectivity index (χ0n) is 8.64. The van der Waals surface area contributed by atoms with E-state index in [0.29, 0.717) is 10.4 Å². The maximum absolute atomic E-state index is 11.0. The average Bonchev–Trinajstić information content (AvgIpc) is 2.65. The van der Waals surface area contributed by atoms with E-state index in [1.54, 1.807) is 24.3 Å². The molecule has 0 radical (unpaired) electrons. The number of carbonyl (C=O) groups is 2. The third-order valence-electron chi connectivity index (χ3n) is 2.21. The molecule has 0 aliphatic heterocycles. The standard InChI is InChI=1S/C11H9NO4S/c13-8(14)5-17-10-6-3-1-2-4-7(6)12-9(10)11(15)16/h1-4,12H,5H2,(H,13,14)(H,15,16). The summed E-state index contributed by atoms with van der Waals surface area (Å²) in [5.41, 5.74) is 0.732. The van der Waals surface area contributed by atoms with Crippen LogP contribution in [0, 0.1) is 0 Å². The van der Waals surface area contributed by atoms with Crippen LogP contribution in [0.3, 0.4) is 0 Å². The number of aromatic carboxylic acids is 1. The Balaban J connectivity index is 2.51. The van der Waals surface area contributed by atoms with E-state index in [4.69, 9.17) is 10.2 Å². The number of hydrogen-bond donors (Lipinski definition) is 3. The Morgan fingerprint density at radius 2 is 1.94 bits per heavy atom. The number of benzene rings is 1. The zero-order valence-corrected chi connectivity index (χ0v) is 9.45. The van der Waals surface area contributed by atoms with Crippen molar-refractivity contribution in [3.63, 3.8) is 0 Å². The quantitative estimate of drug-likeness (QED) is 0.723. The molecule has 17 heavy (non-hydrogen) atoms. The predicted octanol–water partition coefficient (Wildman–Crippen LogP) is 2.04. The van der Waals surface area contributed by atoms with E-state index in [2.05, 4.69) is 4.98 Å². The largest absolute Gasteiger partial charge is 0.481 e. The molecule has 0 fully saturated rings. The second-order valence-corrected chi connectivity index (χ2v) is 4.35. The SMILES string of the molecule is O=C(O)CSc1c(C(=O)O)[nH]c2ccccc12. The van der Waals surface area contributed by atoms with Gasteiger partial charge in [-0.25, -0.2) is 4.79 Å². The summed E-state index contributed by atoms with van der Waals surface area (Å²) >= 11 is 1.01. The molecule has 0 aliphatic rings. The highest BCUT2D eigenvalue weighted by Gasteiger charge is 2.17. The van der Waals surface area contributed by atoms with E-state index >= 15 is 0 Å². The molecule has 1 heterocycles. The Kier molecular flexibility index (Phi) is 3.06. The van der Waals surface area contributed by atoms with E-state index < -0.39 is 11.9 Å². The highest BCUT2D eigenvalue weighted by molar-refractivity contribution is 8.00. The summed E-state index contributed by atoms with van der Waals surface area (Å²) in [4.78, 5) is 24.8. The first-order valence-corrected chi connectivity index (χ1v) is 5.76. The molecule has 0 aliphatic carbocycles. The number of aliphatic carboxylic acids is 1. The molecule has 0 amide bonds. The molecular weight excluding hydrogens is 242 g/mol. The molecule has 2 rings (SSSR count). The van der Waals surface area contributed by atoms with Crippen LogP contribution in [0.1, 0.15) is 10.5 Å². The van der Waals surface area contributed by atoms with Crippen LogP contribution in [-0.2, 0) is 4.79 Å². The van der Waals surface area contributed by atoms with Gasteiger partial charge in [-0.2, -0.15) is 0 Å². The van der Waals surface area contributed by atoms with Gasteiger partial charge in [0, 0.05) is 15.8 Å². The number of fused-ring (bicyclic) bond motifs is 1. The fourth-order valence-corrected chi connectivity index (χ4v) is 2.43. The highest BCUT2D eigenvalue weighted by atomic mass is 32.2. The van der Waals surface area contributed by atoms with E-state index in [0.717, 1.165) is 17.1 Å². The number of thioether (sulfide) groups is 1. The fraction of sp³-hybridized carbons (Fsp3) is 0.0909. The molecular formula is C11H9NO4S. The molecule has 0 saturated heterocycles. The molecule has 0 bridgehead atoms. The van der Waals surface area contributed by atoms with Crippen LogP contribution in [0.2, 0.25) is 0 Å². The van der Waals surface area contributed by atoms with Crippen LogP contribution < -0.4 is 0 Å². The highest BCUT2D eigenvalue weighted by Crippen LogP contribution is 2.31. The van der Waals surface area contributed by atoms with Gasteiger partial charge in [0.1, 0.15) is 5.69 Å². The number of carboxylic acid groups (broad SMARTS) is 2. The van der Waals surface area contributed by atoms with Crippen molar-refractivity contribution in [2.75, 3.05) is 5.75 Å². The smallest absolute Gasteiger partial charge is 0.353 e. The molecule has 3 N–H and O–H groups in total. The van der Waals surface area contributed by atoms with Gasteiger partial charge in [-0.1, -0.05) is 18.2 Å². The molecule has 1 aromatic carbocycles. The summed E-state index contributed by atoms with van der Waals surface area (Å²) in [5.74, 6) is -2.23. The molecule has 0 atom stereocenters. The van der Waals surface area contributed by atoms with Crippen LogP contribution in [0.4, 0.5) is 0 Å². The number of H-pyrrole nitrogens is 1. The lowest BCUT2D eigenvalue weighted by atomic mass is 10.2. The molecule has 2 aromatic rings. The zero-order chi connectivity index (χ0) is 12.4. The maximum Gasteiger partial charge on any atom is 0.353 e. The molecule has 6 heteroatoms. The van der Waals surface area contributed by atoms with Crippen LogP contribution in [0.5, 0.6) is 0 Å². The van der Waals surface area contributed by atoms with E-state index in [-0.39, 0.29) is 11.4 Å². The van der Waals surface area contributed by atoms with Crippen molar-refractivity contribution >= 4 is 34.6 Å². The Hall–Kier alpha value is -1.95. The number of aromatic nitrogens is 1. The third kappa shape index (κ3) is 2.26. The van der Waals surface area contributed by atoms with Gasteiger partial charge in [0.15, 0.2) is 0 Å². The number of rotatable bonds is 4. The monoisotopic (exact) mass is 251 g/mol. The maximum atomic E-state index is 11.0. The summed E-state index contributed by atoms with van der Waals surface area (Å²) in [6.07, 6.45) is 0. The predicted molar refractivity (Wildman–Crippen MR) is 63.6 cm³/mol. The van der Waals surface area contributed by atoms with Crippen molar-refractivity contribution in [2.24, 2.45) is 0 Å².